The number of hydrogen-bond donors (Lipinski definition) is 2. The van der Waals surface area contributed by atoms with Crippen molar-refractivity contribution in [1.29, 1.82) is 0 Å². The van der Waals surface area contributed by atoms with Gasteiger partial charge in [-0.25, -0.2) is 19.2 Å². The number of para-hydroxylation sites is 1. The number of rotatable bonds is 4. The molecule has 11 heteroatoms. The van der Waals surface area contributed by atoms with Gasteiger partial charge < -0.3 is 16.2 Å². The van der Waals surface area contributed by atoms with Gasteiger partial charge in [0.2, 0.25) is 0 Å². The maximum Gasteiger partial charge on any atom is 0.413 e. The quantitative estimate of drug-likeness (QED) is 0.511. The average Bonchev–Trinajstić information content (AvgIpc) is 3.13. The molecule has 1 amide bonds. The second-order valence-electron chi connectivity index (χ2n) is 6.69. The Labute approximate surface area is 176 Å². The minimum Gasteiger partial charge on any atom is -0.452 e. The monoisotopic (exact) mass is 422 g/mol. The molecule has 4 N–H and O–H groups in total. The van der Waals surface area contributed by atoms with Gasteiger partial charge in [-0.3, -0.25) is 14.6 Å². The molecule has 0 atom stereocenters. The number of amides is 1. The van der Waals surface area contributed by atoms with E-state index in [4.69, 9.17) is 11.5 Å². The van der Waals surface area contributed by atoms with E-state index in [0.29, 0.717) is 23.1 Å². The van der Waals surface area contributed by atoms with Gasteiger partial charge in [0.15, 0.2) is 17.5 Å². The standard InChI is InChI=1S/C20H19FN8O2/c1-28(20(30)31-2)16-17(22)25-19(26-18(16)23)14-12-4-3-5-13(21)15(12)29(27-14)10-11-6-8-24-9-7-11/h3-9H,10H2,1-2H3,(H4,22,23,25,26). The van der Waals surface area contributed by atoms with E-state index in [-0.39, 0.29) is 23.1 Å². The van der Waals surface area contributed by atoms with E-state index >= 15 is 0 Å². The number of methoxy groups -OCH3 is 1. The zero-order chi connectivity index (χ0) is 22.1. The van der Waals surface area contributed by atoms with Gasteiger partial charge in [-0.15, -0.1) is 0 Å². The fraction of sp³-hybridized carbons (Fsp3) is 0.150. The molecule has 0 bridgehead atoms. The van der Waals surface area contributed by atoms with Crippen molar-refractivity contribution in [3.05, 3.63) is 54.1 Å². The third-order valence-electron chi connectivity index (χ3n) is 4.74. The Balaban J connectivity index is 1.85. The molecule has 3 aromatic heterocycles. The number of fused-ring (bicyclic) bond motifs is 1. The minimum atomic E-state index is -0.677. The van der Waals surface area contributed by atoms with E-state index in [1.807, 2.05) is 12.1 Å². The fourth-order valence-electron chi connectivity index (χ4n) is 3.30. The Bertz CT molecular complexity index is 1250. The number of aromatic nitrogens is 5. The van der Waals surface area contributed by atoms with Crippen molar-refractivity contribution in [2.45, 2.75) is 6.54 Å². The fourth-order valence-corrected chi connectivity index (χ4v) is 3.30. The van der Waals surface area contributed by atoms with Crippen LogP contribution in [0.25, 0.3) is 22.4 Å². The van der Waals surface area contributed by atoms with Crippen molar-refractivity contribution in [3.8, 4) is 11.5 Å². The zero-order valence-corrected chi connectivity index (χ0v) is 16.8. The summed E-state index contributed by atoms with van der Waals surface area (Å²) in [6.07, 6.45) is 2.63. The molecule has 158 valence electrons. The van der Waals surface area contributed by atoms with E-state index in [2.05, 4.69) is 24.8 Å². The lowest BCUT2D eigenvalue weighted by atomic mass is 10.2. The van der Waals surface area contributed by atoms with Crippen molar-refractivity contribution in [1.82, 2.24) is 24.7 Å². The molecule has 4 rings (SSSR count). The molecule has 4 aromatic rings. The van der Waals surface area contributed by atoms with E-state index in [9.17, 15) is 9.18 Å². The molecule has 1 aromatic carbocycles. The summed E-state index contributed by atoms with van der Waals surface area (Å²) >= 11 is 0. The molecule has 0 saturated heterocycles. The van der Waals surface area contributed by atoms with Crippen LogP contribution in [0.5, 0.6) is 0 Å². The number of halogens is 1. The molecule has 0 aliphatic rings. The lowest BCUT2D eigenvalue weighted by Gasteiger charge is -2.18. The normalized spacial score (nSPS) is 10.9. The average molecular weight is 422 g/mol. The maximum absolute atomic E-state index is 14.7. The van der Waals surface area contributed by atoms with Crippen LogP contribution in [0.2, 0.25) is 0 Å². The van der Waals surface area contributed by atoms with Crippen molar-refractivity contribution in [2.75, 3.05) is 30.5 Å². The first-order valence-corrected chi connectivity index (χ1v) is 9.19. The lowest BCUT2D eigenvalue weighted by Crippen LogP contribution is -2.28. The minimum absolute atomic E-state index is 0.0383. The van der Waals surface area contributed by atoms with E-state index < -0.39 is 11.9 Å². The Morgan fingerprint density at radius 1 is 1.16 bits per heavy atom. The SMILES string of the molecule is COC(=O)N(C)c1c(N)nc(-c2nn(Cc3ccncc3)c3c(F)cccc23)nc1N. The molecule has 31 heavy (non-hydrogen) atoms. The van der Waals surface area contributed by atoms with Crippen molar-refractivity contribution in [3.63, 3.8) is 0 Å². The number of pyridine rings is 1. The summed E-state index contributed by atoms with van der Waals surface area (Å²) < 4.78 is 20.9. The molecule has 0 spiro atoms. The summed E-state index contributed by atoms with van der Waals surface area (Å²) in [5.41, 5.74) is 13.7. The molecule has 0 radical (unpaired) electrons. The smallest absolute Gasteiger partial charge is 0.413 e. The molecular formula is C20H19FN8O2. The van der Waals surface area contributed by atoms with Gasteiger partial charge in [0, 0.05) is 24.8 Å². The molecule has 0 aliphatic carbocycles. The van der Waals surface area contributed by atoms with Gasteiger partial charge in [0.1, 0.15) is 22.7 Å². The van der Waals surface area contributed by atoms with Crippen LogP contribution in [0.3, 0.4) is 0 Å². The van der Waals surface area contributed by atoms with Crippen molar-refractivity contribution < 1.29 is 13.9 Å². The molecule has 0 saturated carbocycles. The van der Waals surface area contributed by atoms with Gasteiger partial charge in [-0.05, 0) is 23.8 Å². The highest BCUT2D eigenvalue weighted by Crippen LogP contribution is 2.33. The number of nitrogen functional groups attached to an aromatic ring is 2. The number of benzene rings is 1. The van der Waals surface area contributed by atoms with Crippen molar-refractivity contribution >= 4 is 34.3 Å². The van der Waals surface area contributed by atoms with Gasteiger partial charge in [0.05, 0.1) is 13.7 Å². The van der Waals surface area contributed by atoms with Crippen LogP contribution in [-0.4, -0.2) is 45.0 Å². The van der Waals surface area contributed by atoms with Crippen LogP contribution in [0.15, 0.2) is 42.7 Å². The number of hydrogen-bond acceptors (Lipinski definition) is 8. The lowest BCUT2D eigenvalue weighted by molar-refractivity contribution is 0.180. The Hall–Kier alpha value is -4.28. The molecule has 0 fully saturated rings. The highest BCUT2D eigenvalue weighted by molar-refractivity contribution is 5.96. The first-order valence-electron chi connectivity index (χ1n) is 9.19. The number of ether oxygens (including phenoxy) is 1. The largest absolute Gasteiger partial charge is 0.452 e. The summed E-state index contributed by atoms with van der Waals surface area (Å²) in [5.74, 6) is -0.401. The Morgan fingerprint density at radius 2 is 1.84 bits per heavy atom. The maximum atomic E-state index is 14.7. The van der Waals surface area contributed by atoms with E-state index in [0.717, 1.165) is 10.5 Å². The number of nitrogens with two attached hydrogens (primary N) is 2. The summed E-state index contributed by atoms with van der Waals surface area (Å²) in [7, 11) is 2.67. The third kappa shape index (κ3) is 3.56. The Kier molecular flexibility index (Phi) is 5.07. The van der Waals surface area contributed by atoms with Crippen LogP contribution in [0, 0.1) is 5.82 Å². The number of anilines is 3. The van der Waals surface area contributed by atoms with Gasteiger partial charge in [0.25, 0.3) is 0 Å². The summed E-state index contributed by atoms with van der Waals surface area (Å²) in [4.78, 5) is 25.5. The van der Waals surface area contributed by atoms with E-state index in [1.165, 1.54) is 24.9 Å². The van der Waals surface area contributed by atoms with Gasteiger partial charge >= 0.3 is 6.09 Å². The number of nitrogens with zero attached hydrogens (tertiary/aromatic N) is 6. The van der Waals surface area contributed by atoms with Gasteiger partial charge in [-0.1, -0.05) is 12.1 Å². The topological polar surface area (TPSA) is 138 Å². The summed E-state index contributed by atoms with van der Waals surface area (Å²) in [5, 5.41) is 5.04. The highest BCUT2D eigenvalue weighted by Gasteiger charge is 2.23. The summed E-state index contributed by atoms with van der Waals surface area (Å²) in [6, 6.07) is 8.28. The molecule has 0 unspecified atom stereocenters. The van der Waals surface area contributed by atoms with Crippen LogP contribution in [0.4, 0.5) is 26.5 Å². The summed E-state index contributed by atoms with van der Waals surface area (Å²) in [6.45, 7) is 0.314. The molecule has 3 heterocycles. The highest BCUT2D eigenvalue weighted by atomic mass is 19.1. The first kappa shape index (κ1) is 20.0. The molecular weight excluding hydrogens is 403 g/mol. The third-order valence-corrected chi connectivity index (χ3v) is 4.74. The number of carbonyl (C=O) groups excluding carboxylic acids is 1. The van der Waals surface area contributed by atoms with Crippen molar-refractivity contribution in [2.24, 2.45) is 0 Å². The predicted octanol–water partition coefficient (Wildman–Crippen LogP) is 2.44. The second-order valence-corrected chi connectivity index (χ2v) is 6.69. The van der Waals surface area contributed by atoms with Crippen LogP contribution in [-0.2, 0) is 11.3 Å². The zero-order valence-electron chi connectivity index (χ0n) is 16.8. The molecule has 10 nitrogen and oxygen atoms in total. The Morgan fingerprint density at radius 3 is 2.48 bits per heavy atom. The predicted molar refractivity (Wildman–Crippen MR) is 114 cm³/mol. The second kappa shape index (κ2) is 7.86. The van der Waals surface area contributed by atoms with E-state index in [1.54, 1.807) is 24.5 Å². The van der Waals surface area contributed by atoms with Crippen LogP contribution in [0.1, 0.15) is 5.56 Å². The first-order chi connectivity index (χ1) is 14.9. The van der Waals surface area contributed by atoms with Crippen LogP contribution >= 0.6 is 0 Å². The van der Waals surface area contributed by atoms with Gasteiger partial charge in [-0.2, -0.15) is 5.10 Å². The molecule has 0 aliphatic heterocycles. The van der Waals surface area contributed by atoms with Crippen LogP contribution < -0.4 is 16.4 Å². The number of carbonyl (C=O) groups is 1.